The number of esters is 1. The number of ether oxygens (including phenoxy) is 1. The van der Waals surface area contributed by atoms with Crippen LogP contribution in [0, 0.1) is 5.41 Å². The van der Waals surface area contributed by atoms with E-state index in [9.17, 15) is 23.1 Å². The Bertz CT molecular complexity index is 697. The van der Waals surface area contributed by atoms with Gasteiger partial charge in [0.15, 0.2) is 0 Å². The molecule has 1 aliphatic heterocycles. The zero-order valence-electron chi connectivity index (χ0n) is 12.3. The predicted octanol–water partition coefficient (Wildman–Crippen LogP) is 0.958. The van der Waals surface area contributed by atoms with E-state index in [1.807, 2.05) is 0 Å². The highest BCUT2D eigenvalue weighted by atomic mass is 32.2. The van der Waals surface area contributed by atoms with E-state index in [0.29, 0.717) is 0 Å². The quantitative estimate of drug-likeness (QED) is 0.827. The first-order valence-corrected chi connectivity index (χ1v) is 8.07. The van der Waals surface area contributed by atoms with Gasteiger partial charge in [-0.3, -0.25) is 4.79 Å². The average Bonchev–Trinajstić information content (AvgIpc) is 2.91. The molecule has 1 aromatic rings. The highest BCUT2D eigenvalue weighted by Gasteiger charge is 2.44. The van der Waals surface area contributed by atoms with Gasteiger partial charge in [-0.1, -0.05) is 0 Å². The van der Waals surface area contributed by atoms with E-state index in [1.165, 1.54) is 38.3 Å². The molecule has 0 aliphatic carbocycles. The number of carbonyl (C=O) groups is 2. The Morgan fingerprint density at radius 3 is 2.32 bits per heavy atom. The van der Waals surface area contributed by atoms with Crippen LogP contribution in [0.5, 0.6) is 0 Å². The van der Waals surface area contributed by atoms with Crippen LogP contribution < -0.4 is 0 Å². The van der Waals surface area contributed by atoms with Gasteiger partial charge in [-0.25, -0.2) is 13.2 Å². The molecule has 2 rings (SSSR count). The molecule has 0 amide bonds. The summed E-state index contributed by atoms with van der Waals surface area (Å²) in [5, 5.41) is 9.18. The zero-order chi connectivity index (χ0) is 16.5. The fourth-order valence-electron chi connectivity index (χ4n) is 2.33. The minimum absolute atomic E-state index is 0.0230. The summed E-state index contributed by atoms with van der Waals surface area (Å²) in [5.74, 6) is -1.56. The molecule has 1 aromatic carbocycles. The second kappa shape index (κ2) is 5.69. The standard InChI is InChI=1S/C14H17NO6S/c1-14(13(17)18)7-8-15(9-14)22(19,20)11-5-3-10(4-6-11)12(16)21-2/h3-6H,7-9H2,1-2H3,(H,17,18). The summed E-state index contributed by atoms with van der Waals surface area (Å²) < 4.78 is 30.7. The fourth-order valence-corrected chi connectivity index (χ4v) is 3.89. The van der Waals surface area contributed by atoms with Crippen LogP contribution in [0.2, 0.25) is 0 Å². The van der Waals surface area contributed by atoms with Crippen LogP contribution in [0.25, 0.3) is 0 Å². The third-order valence-electron chi connectivity index (χ3n) is 3.87. The van der Waals surface area contributed by atoms with Crippen molar-refractivity contribution in [3.8, 4) is 0 Å². The Kier molecular flexibility index (Phi) is 4.25. The molecule has 0 aromatic heterocycles. The molecule has 1 saturated heterocycles. The highest BCUT2D eigenvalue weighted by molar-refractivity contribution is 7.89. The number of carbonyl (C=O) groups excluding carboxylic acids is 1. The molecule has 120 valence electrons. The van der Waals surface area contributed by atoms with Crippen molar-refractivity contribution in [1.29, 1.82) is 0 Å². The summed E-state index contributed by atoms with van der Waals surface area (Å²) in [6.07, 6.45) is 0.266. The number of hydrogen-bond acceptors (Lipinski definition) is 5. The van der Waals surface area contributed by atoms with Gasteiger partial charge in [0, 0.05) is 13.1 Å². The van der Waals surface area contributed by atoms with Crippen molar-refractivity contribution in [3.05, 3.63) is 29.8 Å². The monoisotopic (exact) mass is 327 g/mol. The summed E-state index contributed by atoms with van der Waals surface area (Å²) in [6.45, 7) is 1.62. The van der Waals surface area contributed by atoms with Crippen molar-refractivity contribution in [2.75, 3.05) is 20.2 Å². The maximum absolute atomic E-state index is 12.5. The third kappa shape index (κ3) is 2.84. The minimum atomic E-state index is -3.77. The number of methoxy groups -OCH3 is 1. The van der Waals surface area contributed by atoms with E-state index in [-0.39, 0.29) is 30.0 Å². The van der Waals surface area contributed by atoms with Gasteiger partial charge in [0.1, 0.15) is 0 Å². The molecule has 1 fully saturated rings. The molecule has 0 bridgehead atoms. The molecule has 0 saturated carbocycles. The van der Waals surface area contributed by atoms with Crippen LogP contribution in [0.3, 0.4) is 0 Å². The summed E-state index contributed by atoms with van der Waals surface area (Å²) in [4.78, 5) is 22.6. The fraction of sp³-hybridized carbons (Fsp3) is 0.429. The van der Waals surface area contributed by atoms with Gasteiger partial charge >= 0.3 is 11.9 Å². The SMILES string of the molecule is COC(=O)c1ccc(S(=O)(=O)N2CCC(C)(C(=O)O)C2)cc1. The molecule has 8 heteroatoms. The number of carboxylic acids is 1. The van der Waals surface area contributed by atoms with E-state index in [4.69, 9.17) is 0 Å². The summed E-state index contributed by atoms with van der Waals surface area (Å²) in [6, 6.07) is 5.37. The highest BCUT2D eigenvalue weighted by Crippen LogP contribution is 2.33. The number of aliphatic carboxylic acids is 1. The average molecular weight is 327 g/mol. The number of carboxylic acid groups (broad SMARTS) is 1. The Labute approximate surface area is 128 Å². The molecular weight excluding hydrogens is 310 g/mol. The molecule has 7 nitrogen and oxygen atoms in total. The number of nitrogens with zero attached hydrogens (tertiary/aromatic N) is 1. The normalized spacial score (nSPS) is 22.5. The van der Waals surface area contributed by atoms with Gasteiger partial charge in [-0.2, -0.15) is 4.31 Å². The number of sulfonamides is 1. The van der Waals surface area contributed by atoms with E-state index in [1.54, 1.807) is 0 Å². The van der Waals surface area contributed by atoms with Gasteiger partial charge in [-0.15, -0.1) is 0 Å². The first-order chi connectivity index (χ1) is 10.2. The van der Waals surface area contributed by atoms with Crippen molar-refractivity contribution in [3.63, 3.8) is 0 Å². The molecule has 1 N–H and O–H groups in total. The van der Waals surface area contributed by atoms with Crippen molar-refractivity contribution in [2.24, 2.45) is 5.41 Å². The minimum Gasteiger partial charge on any atom is -0.481 e. The number of rotatable bonds is 4. The lowest BCUT2D eigenvalue weighted by molar-refractivity contribution is -0.146. The van der Waals surface area contributed by atoms with Crippen molar-refractivity contribution < 1.29 is 27.9 Å². The van der Waals surface area contributed by atoms with E-state index in [0.717, 1.165) is 4.31 Å². The van der Waals surface area contributed by atoms with Crippen LogP contribution in [0.15, 0.2) is 29.2 Å². The second-order valence-electron chi connectivity index (χ2n) is 5.47. The lowest BCUT2D eigenvalue weighted by Crippen LogP contribution is -2.34. The third-order valence-corrected chi connectivity index (χ3v) is 5.73. The Morgan fingerprint density at radius 2 is 1.86 bits per heavy atom. The first kappa shape index (κ1) is 16.4. The van der Waals surface area contributed by atoms with Crippen LogP contribution in [0.4, 0.5) is 0 Å². The van der Waals surface area contributed by atoms with Gasteiger partial charge in [0.05, 0.1) is 23.0 Å². The predicted molar refractivity (Wildman–Crippen MR) is 76.9 cm³/mol. The molecule has 22 heavy (non-hydrogen) atoms. The lowest BCUT2D eigenvalue weighted by atomic mass is 9.90. The van der Waals surface area contributed by atoms with Gasteiger partial charge in [0.2, 0.25) is 10.0 Å². The largest absolute Gasteiger partial charge is 0.481 e. The van der Waals surface area contributed by atoms with Crippen LogP contribution in [-0.2, 0) is 19.6 Å². The molecule has 1 aliphatic rings. The van der Waals surface area contributed by atoms with Crippen LogP contribution >= 0.6 is 0 Å². The lowest BCUT2D eigenvalue weighted by Gasteiger charge is -2.20. The van der Waals surface area contributed by atoms with E-state index in [2.05, 4.69) is 4.74 Å². The molecular formula is C14H17NO6S. The van der Waals surface area contributed by atoms with Crippen molar-refractivity contribution in [2.45, 2.75) is 18.2 Å². The molecule has 1 atom stereocenters. The van der Waals surface area contributed by atoms with Crippen molar-refractivity contribution in [1.82, 2.24) is 4.31 Å². The first-order valence-electron chi connectivity index (χ1n) is 6.63. The number of benzene rings is 1. The van der Waals surface area contributed by atoms with Gasteiger partial charge in [0.25, 0.3) is 0 Å². The zero-order valence-corrected chi connectivity index (χ0v) is 13.1. The summed E-state index contributed by atoms with van der Waals surface area (Å²) >= 11 is 0. The summed E-state index contributed by atoms with van der Waals surface area (Å²) in [7, 11) is -2.53. The molecule has 1 heterocycles. The van der Waals surface area contributed by atoms with Gasteiger partial charge in [-0.05, 0) is 37.6 Å². The maximum Gasteiger partial charge on any atom is 0.337 e. The topological polar surface area (TPSA) is 101 Å². The Hall–Kier alpha value is -1.93. The van der Waals surface area contributed by atoms with Gasteiger partial charge < -0.3 is 9.84 Å². The Balaban J connectivity index is 2.25. The summed E-state index contributed by atoms with van der Waals surface area (Å²) in [5.41, 5.74) is -0.822. The van der Waals surface area contributed by atoms with E-state index >= 15 is 0 Å². The smallest absolute Gasteiger partial charge is 0.337 e. The Morgan fingerprint density at radius 1 is 1.27 bits per heavy atom. The van der Waals surface area contributed by atoms with E-state index < -0.39 is 27.4 Å². The molecule has 0 radical (unpaired) electrons. The number of hydrogen-bond donors (Lipinski definition) is 1. The maximum atomic E-state index is 12.5. The molecule has 1 unspecified atom stereocenters. The molecule has 0 spiro atoms. The van der Waals surface area contributed by atoms with Crippen LogP contribution in [0.1, 0.15) is 23.7 Å². The van der Waals surface area contributed by atoms with Crippen molar-refractivity contribution >= 4 is 22.0 Å². The van der Waals surface area contributed by atoms with Crippen LogP contribution in [-0.4, -0.2) is 50.0 Å². The second-order valence-corrected chi connectivity index (χ2v) is 7.41.